The summed E-state index contributed by atoms with van der Waals surface area (Å²) < 4.78 is 10.5. The van der Waals surface area contributed by atoms with Crippen molar-refractivity contribution < 1.29 is 23.9 Å². The zero-order valence-electron chi connectivity index (χ0n) is 21.5. The molecule has 6 atom stereocenters. The van der Waals surface area contributed by atoms with E-state index in [1.54, 1.807) is 6.92 Å². The fourth-order valence-corrected chi connectivity index (χ4v) is 4.13. The Morgan fingerprint density at radius 1 is 0.871 bits per heavy atom. The molecule has 0 aliphatic carbocycles. The molecular weight excluding hydrogens is 396 g/mol. The van der Waals surface area contributed by atoms with E-state index in [9.17, 15) is 14.4 Å². The fraction of sp³-hybridized carbons (Fsp3) is 0.875. The summed E-state index contributed by atoms with van der Waals surface area (Å²) >= 11 is 0. The molecule has 0 aromatic heterocycles. The van der Waals surface area contributed by atoms with E-state index in [1.165, 1.54) is 14.0 Å². The Labute approximate surface area is 189 Å². The van der Waals surface area contributed by atoms with E-state index in [-0.39, 0.29) is 35.0 Å². The van der Waals surface area contributed by atoms with Crippen LogP contribution in [0, 0.1) is 34.5 Å². The first-order valence-electron chi connectivity index (χ1n) is 11.1. The summed E-state index contributed by atoms with van der Waals surface area (Å²) in [5.41, 5.74) is 10.6. The van der Waals surface area contributed by atoms with Gasteiger partial charge in [-0.15, -0.1) is 0 Å². The number of nitrogens with two attached hydrogens (primary N) is 2. The lowest BCUT2D eigenvalue weighted by atomic mass is 9.62. The van der Waals surface area contributed by atoms with Gasteiger partial charge < -0.3 is 20.9 Å². The number of hydrogen-bond donors (Lipinski definition) is 2. The monoisotopic (exact) mass is 442 g/mol. The Kier molecular flexibility index (Phi) is 10.2. The number of carbonyl (C=O) groups is 3. The van der Waals surface area contributed by atoms with Crippen LogP contribution in [0.1, 0.15) is 82.1 Å². The molecular formula is C24H46N2O5. The van der Waals surface area contributed by atoms with Gasteiger partial charge in [-0.3, -0.25) is 14.4 Å². The highest BCUT2D eigenvalue weighted by Crippen LogP contribution is 2.45. The zero-order valence-corrected chi connectivity index (χ0v) is 21.5. The minimum atomic E-state index is -0.835. The second kappa shape index (κ2) is 10.8. The molecule has 31 heavy (non-hydrogen) atoms. The third kappa shape index (κ3) is 7.78. The lowest BCUT2D eigenvalue weighted by molar-refractivity contribution is -0.155. The number of ether oxygens (including phenoxy) is 2. The van der Waals surface area contributed by atoms with Crippen LogP contribution in [0.4, 0.5) is 0 Å². The smallest absolute Gasteiger partial charge is 0.309 e. The summed E-state index contributed by atoms with van der Waals surface area (Å²) in [5.74, 6) is -1.95. The molecule has 182 valence electrons. The topological polar surface area (TPSA) is 122 Å². The molecule has 0 saturated carbocycles. The molecule has 0 aromatic carbocycles. The Bertz CT molecular complexity index is 636. The highest BCUT2D eigenvalue weighted by molar-refractivity contribution is 5.77. The van der Waals surface area contributed by atoms with E-state index in [0.717, 1.165) is 0 Å². The van der Waals surface area contributed by atoms with Gasteiger partial charge in [-0.05, 0) is 49.4 Å². The van der Waals surface area contributed by atoms with Crippen LogP contribution in [0.5, 0.6) is 0 Å². The van der Waals surface area contributed by atoms with Crippen LogP contribution in [-0.4, -0.2) is 36.6 Å². The number of carbonyl (C=O) groups excluding carboxylic acids is 3. The average Bonchev–Trinajstić information content (AvgIpc) is 2.60. The maximum atomic E-state index is 12.8. The molecule has 0 aromatic rings. The zero-order chi connectivity index (χ0) is 24.9. The molecule has 0 rings (SSSR count). The Balaban J connectivity index is 5.83. The molecule has 6 unspecified atom stereocenters. The van der Waals surface area contributed by atoms with E-state index >= 15 is 0 Å². The SMILES string of the molecule is COC(=O)C(CC(C)C(C)(N)C(C)OC(C)=O)C(C)(C)C(C)CC(C(N)=O)C(C)(C)C. The normalized spacial score (nSPS) is 19.4. The van der Waals surface area contributed by atoms with Crippen molar-refractivity contribution in [2.24, 2.45) is 46.0 Å². The number of esters is 2. The van der Waals surface area contributed by atoms with Crippen LogP contribution in [-0.2, 0) is 23.9 Å². The van der Waals surface area contributed by atoms with Crippen molar-refractivity contribution in [1.29, 1.82) is 0 Å². The lowest BCUT2D eigenvalue weighted by Crippen LogP contribution is -2.55. The summed E-state index contributed by atoms with van der Waals surface area (Å²) in [6.45, 7) is 19.0. The molecule has 4 N–H and O–H groups in total. The summed E-state index contributed by atoms with van der Waals surface area (Å²) in [5, 5.41) is 0. The second-order valence-corrected chi connectivity index (χ2v) is 11.1. The van der Waals surface area contributed by atoms with Gasteiger partial charge in [-0.1, -0.05) is 48.5 Å². The lowest BCUT2D eigenvalue weighted by Gasteiger charge is -2.44. The van der Waals surface area contributed by atoms with Crippen LogP contribution in [0.25, 0.3) is 0 Å². The molecule has 7 heteroatoms. The van der Waals surface area contributed by atoms with Crippen LogP contribution in [0.3, 0.4) is 0 Å². The van der Waals surface area contributed by atoms with Crippen molar-refractivity contribution in [3.63, 3.8) is 0 Å². The third-order valence-corrected chi connectivity index (χ3v) is 7.50. The van der Waals surface area contributed by atoms with Crippen LogP contribution in [0.2, 0.25) is 0 Å². The van der Waals surface area contributed by atoms with Gasteiger partial charge in [-0.25, -0.2) is 0 Å². The highest BCUT2D eigenvalue weighted by Gasteiger charge is 2.46. The first kappa shape index (κ1) is 29.4. The molecule has 7 nitrogen and oxygen atoms in total. The van der Waals surface area contributed by atoms with Gasteiger partial charge in [0.2, 0.25) is 5.91 Å². The average molecular weight is 443 g/mol. The van der Waals surface area contributed by atoms with Gasteiger partial charge in [-0.2, -0.15) is 0 Å². The van der Waals surface area contributed by atoms with Crippen molar-refractivity contribution in [2.45, 2.75) is 93.7 Å². The van der Waals surface area contributed by atoms with E-state index in [0.29, 0.717) is 12.8 Å². The van der Waals surface area contributed by atoms with Gasteiger partial charge in [0.1, 0.15) is 6.10 Å². The van der Waals surface area contributed by atoms with Crippen molar-refractivity contribution in [3.05, 3.63) is 0 Å². The maximum absolute atomic E-state index is 12.8. The number of rotatable bonds is 11. The Morgan fingerprint density at radius 2 is 1.32 bits per heavy atom. The van der Waals surface area contributed by atoms with E-state index in [2.05, 4.69) is 0 Å². The number of hydrogen-bond acceptors (Lipinski definition) is 6. The van der Waals surface area contributed by atoms with E-state index < -0.39 is 28.9 Å². The Hall–Kier alpha value is -1.63. The first-order chi connectivity index (χ1) is 13.8. The van der Waals surface area contributed by atoms with Crippen molar-refractivity contribution in [3.8, 4) is 0 Å². The third-order valence-electron chi connectivity index (χ3n) is 7.50. The number of primary amides is 1. The Morgan fingerprint density at radius 3 is 1.68 bits per heavy atom. The number of amides is 1. The molecule has 0 fully saturated rings. The molecule has 0 spiro atoms. The van der Waals surface area contributed by atoms with Crippen LogP contribution in [0.15, 0.2) is 0 Å². The molecule has 1 amide bonds. The predicted octanol–water partition coefficient (Wildman–Crippen LogP) is 3.67. The molecule has 0 radical (unpaired) electrons. The largest absolute Gasteiger partial charge is 0.469 e. The van der Waals surface area contributed by atoms with E-state index in [4.69, 9.17) is 20.9 Å². The van der Waals surface area contributed by atoms with Crippen molar-refractivity contribution in [1.82, 2.24) is 0 Å². The van der Waals surface area contributed by atoms with E-state index in [1.807, 2.05) is 55.4 Å². The molecule has 0 aliphatic rings. The highest BCUT2D eigenvalue weighted by atomic mass is 16.5. The molecule has 0 heterocycles. The predicted molar refractivity (Wildman–Crippen MR) is 123 cm³/mol. The minimum absolute atomic E-state index is 0.00967. The number of methoxy groups -OCH3 is 1. The summed E-state index contributed by atoms with van der Waals surface area (Å²) in [6.07, 6.45) is 0.510. The minimum Gasteiger partial charge on any atom is -0.469 e. The van der Waals surface area contributed by atoms with Crippen molar-refractivity contribution in [2.75, 3.05) is 7.11 Å². The summed E-state index contributed by atoms with van der Waals surface area (Å²) in [6, 6.07) is 0. The van der Waals surface area contributed by atoms with Crippen molar-refractivity contribution >= 4 is 17.8 Å². The maximum Gasteiger partial charge on any atom is 0.309 e. The van der Waals surface area contributed by atoms with Gasteiger partial charge in [0, 0.05) is 12.8 Å². The second-order valence-electron chi connectivity index (χ2n) is 11.1. The summed E-state index contributed by atoms with van der Waals surface area (Å²) in [7, 11) is 1.38. The quantitative estimate of drug-likeness (QED) is 0.471. The van der Waals surface area contributed by atoms with Gasteiger partial charge in [0.15, 0.2) is 0 Å². The van der Waals surface area contributed by atoms with Gasteiger partial charge >= 0.3 is 11.9 Å². The first-order valence-corrected chi connectivity index (χ1v) is 11.1. The van der Waals surface area contributed by atoms with Crippen LogP contribution < -0.4 is 11.5 Å². The summed E-state index contributed by atoms with van der Waals surface area (Å²) in [4.78, 5) is 36.4. The van der Waals surface area contributed by atoms with Crippen LogP contribution >= 0.6 is 0 Å². The van der Waals surface area contributed by atoms with Gasteiger partial charge in [0.25, 0.3) is 0 Å². The standard InChI is InChI=1S/C24H46N2O5/c1-14(12-18(20(25)28)22(5,6)7)23(8,9)19(21(29)30-11)13-15(2)24(10,26)16(3)31-17(4)27/h14-16,18-19H,12-13,26H2,1-11H3,(H2,25,28). The molecule has 0 aliphatic heterocycles. The molecule has 0 saturated heterocycles. The fourth-order valence-electron chi connectivity index (χ4n) is 4.13. The molecule has 0 bridgehead atoms. The van der Waals surface area contributed by atoms with Gasteiger partial charge in [0.05, 0.1) is 18.6 Å².